The van der Waals surface area contributed by atoms with Crippen LogP contribution in [0.5, 0.6) is 0 Å². The van der Waals surface area contributed by atoms with E-state index in [2.05, 4.69) is 24.1 Å². The van der Waals surface area contributed by atoms with Gasteiger partial charge in [0.1, 0.15) is 5.82 Å². The van der Waals surface area contributed by atoms with E-state index in [1.54, 1.807) is 12.3 Å². The maximum absolute atomic E-state index is 10.2. The zero-order valence-corrected chi connectivity index (χ0v) is 7.61. The molecule has 1 aromatic heterocycles. The number of nitrogens with one attached hydrogen (secondary N) is 1. The smallest absolute Gasteiger partial charge is 0.410 e. The van der Waals surface area contributed by atoms with E-state index in [4.69, 9.17) is 5.11 Å². The number of carboxylic acid groups (broad SMARTS) is 1. The van der Waals surface area contributed by atoms with Crippen LogP contribution in [0.15, 0.2) is 18.3 Å². The molecule has 4 heteroatoms. The average Bonchev–Trinajstić information content (AvgIpc) is 2.04. The highest BCUT2D eigenvalue weighted by Gasteiger charge is 2.01. The quantitative estimate of drug-likeness (QED) is 0.734. The molecule has 2 N–H and O–H groups in total. The molecule has 0 saturated carbocycles. The first kappa shape index (κ1) is 9.51. The number of pyridine rings is 1. The normalized spacial score (nSPS) is 10.1. The van der Waals surface area contributed by atoms with Crippen LogP contribution in [0, 0.1) is 0 Å². The lowest BCUT2D eigenvalue weighted by atomic mass is 10.1. The van der Waals surface area contributed by atoms with Crippen LogP contribution >= 0.6 is 0 Å². The zero-order chi connectivity index (χ0) is 9.84. The van der Waals surface area contributed by atoms with E-state index < -0.39 is 6.09 Å². The molecule has 70 valence electrons. The minimum Gasteiger partial charge on any atom is -0.465 e. The molecule has 13 heavy (non-hydrogen) atoms. The predicted octanol–water partition coefficient (Wildman–Crippen LogP) is 2.29. The van der Waals surface area contributed by atoms with Crippen molar-refractivity contribution in [2.45, 2.75) is 19.8 Å². The topological polar surface area (TPSA) is 62.2 Å². The molecule has 0 radical (unpaired) electrons. The summed E-state index contributed by atoms with van der Waals surface area (Å²) in [7, 11) is 0. The Kier molecular flexibility index (Phi) is 2.84. The Labute approximate surface area is 76.6 Å². The van der Waals surface area contributed by atoms with Crippen molar-refractivity contribution in [1.82, 2.24) is 4.98 Å². The fourth-order valence-electron chi connectivity index (χ4n) is 0.930. The molecule has 0 bridgehead atoms. The van der Waals surface area contributed by atoms with E-state index in [0.717, 1.165) is 5.56 Å². The highest BCUT2D eigenvalue weighted by molar-refractivity contribution is 5.81. The Morgan fingerprint density at radius 2 is 2.23 bits per heavy atom. The molecular weight excluding hydrogens is 168 g/mol. The summed E-state index contributed by atoms with van der Waals surface area (Å²) >= 11 is 0. The number of hydrogen-bond donors (Lipinski definition) is 2. The molecule has 0 aliphatic heterocycles. The van der Waals surface area contributed by atoms with E-state index in [1.807, 2.05) is 6.07 Å². The van der Waals surface area contributed by atoms with Crippen LogP contribution < -0.4 is 5.32 Å². The van der Waals surface area contributed by atoms with Gasteiger partial charge < -0.3 is 5.11 Å². The second kappa shape index (κ2) is 3.89. The van der Waals surface area contributed by atoms with Crippen molar-refractivity contribution in [2.75, 3.05) is 5.32 Å². The van der Waals surface area contributed by atoms with Gasteiger partial charge in [0.2, 0.25) is 0 Å². The van der Waals surface area contributed by atoms with Gasteiger partial charge in [0.05, 0.1) is 0 Å². The Morgan fingerprint density at radius 3 is 2.62 bits per heavy atom. The van der Waals surface area contributed by atoms with Crippen molar-refractivity contribution in [2.24, 2.45) is 0 Å². The van der Waals surface area contributed by atoms with Crippen LogP contribution in [0.1, 0.15) is 25.3 Å². The summed E-state index contributed by atoms with van der Waals surface area (Å²) in [6.45, 7) is 4.11. The van der Waals surface area contributed by atoms with Crippen LogP contribution in [-0.4, -0.2) is 16.2 Å². The number of amides is 1. The number of carbonyl (C=O) groups is 1. The zero-order valence-electron chi connectivity index (χ0n) is 7.61. The standard InChI is InChI=1S/C9H12N2O2/c1-6(2)7-3-4-8(10-5-7)11-9(12)13/h3-6H,1-2H3,(H,10,11)(H,12,13). The number of rotatable bonds is 2. The molecule has 1 rings (SSSR count). The first-order chi connectivity index (χ1) is 6.09. The van der Waals surface area contributed by atoms with Crippen molar-refractivity contribution in [3.8, 4) is 0 Å². The summed E-state index contributed by atoms with van der Waals surface area (Å²) < 4.78 is 0. The summed E-state index contributed by atoms with van der Waals surface area (Å²) in [5, 5.41) is 10.6. The molecule has 1 amide bonds. The van der Waals surface area contributed by atoms with Gasteiger partial charge in [-0.05, 0) is 17.5 Å². The lowest BCUT2D eigenvalue weighted by molar-refractivity contribution is 0.209. The fraction of sp³-hybridized carbons (Fsp3) is 0.333. The van der Waals surface area contributed by atoms with Gasteiger partial charge in [-0.3, -0.25) is 5.32 Å². The summed E-state index contributed by atoms with van der Waals surface area (Å²) in [6.07, 6.45) is 0.584. The molecule has 4 nitrogen and oxygen atoms in total. The van der Waals surface area contributed by atoms with Gasteiger partial charge in [-0.15, -0.1) is 0 Å². The molecule has 0 aliphatic rings. The SMILES string of the molecule is CC(C)c1ccc(NC(=O)O)nc1. The van der Waals surface area contributed by atoms with E-state index in [1.165, 1.54) is 0 Å². The maximum atomic E-state index is 10.2. The van der Waals surface area contributed by atoms with E-state index in [0.29, 0.717) is 11.7 Å². The number of nitrogens with zero attached hydrogens (tertiary/aromatic N) is 1. The molecule has 1 heterocycles. The second-order valence-electron chi connectivity index (χ2n) is 3.06. The van der Waals surface area contributed by atoms with Gasteiger partial charge in [-0.1, -0.05) is 19.9 Å². The van der Waals surface area contributed by atoms with Gasteiger partial charge in [-0.25, -0.2) is 9.78 Å². The Hall–Kier alpha value is -1.58. The van der Waals surface area contributed by atoms with Crippen LogP contribution in [0.4, 0.5) is 10.6 Å². The first-order valence-electron chi connectivity index (χ1n) is 4.05. The lowest BCUT2D eigenvalue weighted by Gasteiger charge is -2.05. The third-order valence-corrected chi connectivity index (χ3v) is 1.69. The minimum atomic E-state index is -1.09. The van der Waals surface area contributed by atoms with Gasteiger partial charge in [0, 0.05) is 6.20 Å². The molecular formula is C9H12N2O2. The molecule has 0 saturated heterocycles. The van der Waals surface area contributed by atoms with Gasteiger partial charge in [0.25, 0.3) is 0 Å². The molecule has 0 aromatic carbocycles. The third-order valence-electron chi connectivity index (χ3n) is 1.69. The van der Waals surface area contributed by atoms with Crippen LogP contribution in [0.2, 0.25) is 0 Å². The fourth-order valence-corrected chi connectivity index (χ4v) is 0.930. The van der Waals surface area contributed by atoms with Crippen LogP contribution in [0.25, 0.3) is 0 Å². The Bertz CT molecular complexity index is 293. The summed E-state index contributed by atoms with van der Waals surface area (Å²) in [6, 6.07) is 3.52. The van der Waals surface area contributed by atoms with E-state index >= 15 is 0 Å². The van der Waals surface area contributed by atoms with Gasteiger partial charge >= 0.3 is 6.09 Å². The number of aromatic nitrogens is 1. The summed E-state index contributed by atoms with van der Waals surface area (Å²) in [5.41, 5.74) is 1.09. The van der Waals surface area contributed by atoms with Crippen molar-refractivity contribution >= 4 is 11.9 Å². The molecule has 0 unspecified atom stereocenters. The number of anilines is 1. The highest BCUT2D eigenvalue weighted by atomic mass is 16.4. The molecule has 0 aliphatic carbocycles. The second-order valence-corrected chi connectivity index (χ2v) is 3.06. The van der Waals surface area contributed by atoms with Crippen LogP contribution in [0.3, 0.4) is 0 Å². The van der Waals surface area contributed by atoms with Crippen molar-refractivity contribution in [3.05, 3.63) is 23.9 Å². The third kappa shape index (κ3) is 2.74. The largest absolute Gasteiger partial charge is 0.465 e. The maximum Gasteiger partial charge on any atom is 0.410 e. The predicted molar refractivity (Wildman–Crippen MR) is 50.0 cm³/mol. The van der Waals surface area contributed by atoms with Crippen molar-refractivity contribution in [3.63, 3.8) is 0 Å². The van der Waals surface area contributed by atoms with E-state index in [9.17, 15) is 4.79 Å². The van der Waals surface area contributed by atoms with Crippen molar-refractivity contribution in [1.29, 1.82) is 0 Å². The number of hydrogen-bond acceptors (Lipinski definition) is 2. The monoisotopic (exact) mass is 180 g/mol. The summed E-state index contributed by atoms with van der Waals surface area (Å²) in [4.78, 5) is 14.2. The molecule has 1 aromatic rings. The van der Waals surface area contributed by atoms with Crippen LogP contribution in [-0.2, 0) is 0 Å². The van der Waals surface area contributed by atoms with Gasteiger partial charge in [-0.2, -0.15) is 0 Å². The first-order valence-corrected chi connectivity index (χ1v) is 4.05. The summed E-state index contributed by atoms with van der Waals surface area (Å²) in [5.74, 6) is 0.767. The Balaban J connectivity index is 2.75. The molecule has 0 spiro atoms. The van der Waals surface area contributed by atoms with E-state index in [-0.39, 0.29) is 0 Å². The average molecular weight is 180 g/mol. The van der Waals surface area contributed by atoms with Crippen molar-refractivity contribution < 1.29 is 9.90 Å². The lowest BCUT2D eigenvalue weighted by Crippen LogP contribution is -2.08. The molecule has 0 fully saturated rings. The highest BCUT2D eigenvalue weighted by Crippen LogP contribution is 2.14. The minimum absolute atomic E-state index is 0.358. The Morgan fingerprint density at radius 1 is 1.54 bits per heavy atom. The van der Waals surface area contributed by atoms with Gasteiger partial charge in [0.15, 0.2) is 0 Å². The molecule has 0 atom stereocenters.